The summed E-state index contributed by atoms with van der Waals surface area (Å²) in [4.78, 5) is 24.0. The fraction of sp³-hybridized carbons (Fsp3) is 0.619. The molecule has 7 nitrogen and oxygen atoms in total. The Morgan fingerprint density at radius 3 is 2.14 bits per heavy atom. The number of imide groups is 1. The highest BCUT2D eigenvalue weighted by molar-refractivity contribution is 7.89. The zero-order valence-electron chi connectivity index (χ0n) is 16.8. The molecule has 0 radical (unpaired) electrons. The molecule has 8 heteroatoms. The van der Waals surface area contributed by atoms with Gasteiger partial charge in [0, 0.05) is 13.1 Å². The molecule has 2 heterocycles. The summed E-state index contributed by atoms with van der Waals surface area (Å²) in [7, 11) is -3.56. The summed E-state index contributed by atoms with van der Waals surface area (Å²) in [6.07, 6.45) is 7.22. The molecule has 2 aliphatic heterocycles. The van der Waals surface area contributed by atoms with Crippen molar-refractivity contribution in [3.05, 3.63) is 29.8 Å². The summed E-state index contributed by atoms with van der Waals surface area (Å²) in [5, 5.41) is 4.99. The van der Waals surface area contributed by atoms with E-state index in [1.807, 2.05) is 12.1 Å². The van der Waals surface area contributed by atoms with Crippen molar-refractivity contribution in [2.75, 3.05) is 13.1 Å². The van der Waals surface area contributed by atoms with Crippen molar-refractivity contribution >= 4 is 22.0 Å². The van der Waals surface area contributed by atoms with Crippen LogP contribution >= 0.6 is 0 Å². The zero-order chi connectivity index (χ0) is 20.6. The number of piperidine rings is 1. The first kappa shape index (κ1) is 20.3. The van der Waals surface area contributed by atoms with Crippen LogP contribution < -0.4 is 10.6 Å². The highest BCUT2D eigenvalue weighted by Crippen LogP contribution is 2.35. The van der Waals surface area contributed by atoms with E-state index in [0.29, 0.717) is 36.7 Å². The molecule has 3 fully saturated rings. The Bertz CT molecular complexity index is 885. The monoisotopic (exact) mass is 419 g/mol. The van der Waals surface area contributed by atoms with Gasteiger partial charge < -0.3 is 5.32 Å². The highest BCUT2D eigenvalue weighted by Gasteiger charge is 2.49. The van der Waals surface area contributed by atoms with Gasteiger partial charge in [-0.3, -0.25) is 10.1 Å². The van der Waals surface area contributed by atoms with E-state index in [2.05, 4.69) is 10.6 Å². The number of nitrogens with zero attached hydrogens (tertiary/aromatic N) is 1. The zero-order valence-corrected chi connectivity index (χ0v) is 17.6. The summed E-state index contributed by atoms with van der Waals surface area (Å²) in [5.41, 5.74) is 0.271. The Morgan fingerprint density at radius 2 is 1.59 bits per heavy atom. The number of sulfonamides is 1. The summed E-state index contributed by atoms with van der Waals surface area (Å²) in [6, 6.07) is 6.92. The summed E-state index contributed by atoms with van der Waals surface area (Å²) in [5.74, 6) is 0.126. The van der Waals surface area contributed by atoms with Gasteiger partial charge in [0.1, 0.15) is 5.54 Å². The van der Waals surface area contributed by atoms with Crippen molar-refractivity contribution in [1.82, 2.24) is 14.9 Å². The molecule has 4 rings (SSSR count). The van der Waals surface area contributed by atoms with E-state index in [0.717, 1.165) is 0 Å². The van der Waals surface area contributed by atoms with E-state index < -0.39 is 21.6 Å². The largest absolute Gasteiger partial charge is 0.323 e. The van der Waals surface area contributed by atoms with Crippen LogP contribution in [0, 0.1) is 5.92 Å². The summed E-state index contributed by atoms with van der Waals surface area (Å²) >= 11 is 0. The number of urea groups is 1. The van der Waals surface area contributed by atoms with E-state index in [4.69, 9.17) is 0 Å². The van der Waals surface area contributed by atoms with Crippen molar-refractivity contribution in [3.8, 4) is 0 Å². The molecule has 1 aromatic carbocycles. The van der Waals surface area contributed by atoms with Crippen LogP contribution in [0.1, 0.15) is 63.4 Å². The number of carbonyl (C=O) groups excluding carboxylic acids is 2. The molecule has 158 valence electrons. The number of hydrogen-bond acceptors (Lipinski definition) is 4. The van der Waals surface area contributed by atoms with E-state index in [1.54, 1.807) is 19.1 Å². The lowest BCUT2D eigenvalue weighted by atomic mass is 9.79. The van der Waals surface area contributed by atoms with E-state index >= 15 is 0 Å². The molecule has 1 saturated carbocycles. The lowest BCUT2D eigenvalue weighted by Gasteiger charge is -2.38. The van der Waals surface area contributed by atoms with Gasteiger partial charge in [0.15, 0.2) is 0 Å². The van der Waals surface area contributed by atoms with Crippen LogP contribution in [0.15, 0.2) is 29.2 Å². The lowest BCUT2D eigenvalue weighted by molar-refractivity contribution is -0.125. The highest BCUT2D eigenvalue weighted by atomic mass is 32.2. The SMILES string of the molecule is CC1(C2CCN(S(=O)(=O)c3ccc(C4CCCCC4)cc3)CC2)NC(=O)NC1=O. The van der Waals surface area contributed by atoms with Crippen molar-refractivity contribution in [2.24, 2.45) is 5.92 Å². The molecular formula is C21H29N3O4S. The van der Waals surface area contributed by atoms with Crippen molar-refractivity contribution in [3.63, 3.8) is 0 Å². The molecule has 1 aliphatic carbocycles. The summed E-state index contributed by atoms with van der Waals surface area (Å²) < 4.78 is 27.6. The molecule has 3 aliphatic rings. The quantitative estimate of drug-likeness (QED) is 0.734. The van der Waals surface area contributed by atoms with Gasteiger partial charge in [0.05, 0.1) is 4.90 Å². The molecule has 29 heavy (non-hydrogen) atoms. The molecule has 1 aromatic rings. The van der Waals surface area contributed by atoms with Crippen LogP contribution in [0.25, 0.3) is 0 Å². The second kappa shape index (κ2) is 7.72. The van der Waals surface area contributed by atoms with Crippen LogP contribution in [0.3, 0.4) is 0 Å². The maximum Gasteiger partial charge on any atom is 0.322 e. The van der Waals surface area contributed by atoms with Gasteiger partial charge >= 0.3 is 6.03 Å². The second-order valence-corrected chi connectivity index (χ2v) is 10.6. The van der Waals surface area contributed by atoms with Gasteiger partial charge in [-0.15, -0.1) is 0 Å². The number of amides is 3. The number of hydrogen-bond donors (Lipinski definition) is 2. The van der Waals surface area contributed by atoms with Crippen molar-refractivity contribution < 1.29 is 18.0 Å². The molecule has 1 unspecified atom stereocenters. The molecule has 0 aromatic heterocycles. The number of rotatable bonds is 4. The Labute approximate surface area is 172 Å². The minimum Gasteiger partial charge on any atom is -0.323 e. The smallest absolute Gasteiger partial charge is 0.322 e. The molecule has 2 N–H and O–H groups in total. The first-order valence-electron chi connectivity index (χ1n) is 10.5. The molecule has 1 atom stereocenters. The fourth-order valence-electron chi connectivity index (χ4n) is 5.01. The van der Waals surface area contributed by atoms with Crippen LogP contribution in [0.4, 0.5) is 4.79 Å². The maximum atomic E-state index is 13.1. The van der Waals surface area contributed by atoms with Gasteiger partial charge in [0.25, 0.3) is 5.91 Å². The standard InChI is InChI=1S/C21H29N3O4S/c1-21(19(25)22-20(26)23-21)17-11-13-24(14-12-17)29(27,28)18-9-7-16(8-10-18)15-5-3-2-4-6-15/h7-10,15,17H,2-6,11-14H2,1H3,(H2,22,23,25,26). The number of carbonyl (C=O) groups is 2. The number of benzene rings is 1. The van der Waals surface area contributed by atoms with E-state index in [1.165, 1.54) is 42.0 Å². The van der Waals surface area contributed by atoms with Gasteiger partial charge in [-0.25, -0.2) is 13.2 Å². The lowest BCUT2D eigenvalue weighted by Crippen LogP contribution is -2.54. The minimum atomic E-state index is -3.56. The van der Waals surface area contributed by atoms with Crippen LogP contribution in [0.2, 0.25) is 0 Å². The molecule has 2 saturated heterocycles. The Hall–Kier alpha value is -1.93. The van der Waals surface area contributed by atoms with E-state index in [9.17, 15) is 18.0 Å². The Balaban J connectivity index is 1.42. The Morgan fingerprint density at radius 1 is 0.966 bits per heavy atom. The first-order valence-corrected chi connectivity index (χ1v) is 12.0. The molecule has 0 bridgehead atoms. The predicted octanol–water partition coefficient (Wildman–Crippen LogP) is 2.73. The third-order valence-electron chi connectivity index (χ3n) is 6.94. The average molecular weight is 420 g/mol. The van der Waals surface area contributed by atoms with Crippen LogP contribution in [0.5, 0.6) is 0 Å². The van der Waals surface area contributed by atoms with Gasteiger partial charge in [-0.2, -0.15) is 4.31 Å². The third-order valence-corrected chi connectivity index (χ3v) is 8.85. The van der Waals surface area contributed by atoms with Gasteiger partial charge in [0.2, 0.25) is 10.0 Å². The molecule has 3 amide bonds. The topological polar surface area (TPSA) is 95.6 Å². The predicted molar refractivity (Wildman–Crippen MR) is 109 cm³/mol. The van der Waals surface area contributed by atoms with Crippen molar-refractivity contribution in [1.29, 1.82) is 0 Å². The van der Waals surface area contributed by atoms with E-state index in [-0.39, 0.29) is 11.8 Å². The van der Waals surface area contributed by atoms with Gasteiger partial charge in [-0.05, 0) is 62.1 Å². The normalized spacial score (nSPS) is 27.6. The average Bonchev–Trinajstić information content (AvgIpc) is 3.01. The molecule has 0 spiro atoms. The fourth-order valence-corrected chi connectivity index (χ4v) is 6.48. The second-order valence-electron chi connectivity index (χ2n) is 8.69. The van der Waals surface area contributed by atoms with Crippen molar-refractivity contribution in [2.45, 2.75) is 68.2 Å². The minimum absolute atomic E-state index is 0.0888. The van der Waals surface area contributed by atoms with Crippen LogP contribution in [-0.2, 0) is 14.8 Å². The third kappa shape index (κ3) is 3.80. The maximum absolute atomic E-state index is 13.1. The molecular weight excluding hydrogens is 390 g/mol. The van der Waals surface area contributed by atoms with Gasteiger partial charge in [-0.1, -0.05) is 31.4 Å². The Kier molecular flexibility index (Phi) is 5.42. The first-order chi connectivity index (χ1) is 13.8. The van der Waals surface area contributed by atoms with Crippen LogP contribution in [-0.4, -0.2) is 43.3 Å². The summed E-state index contributed by atoms with van der Waals surface area (Å²) in [6.45, 7) is 2.40. The number of nitrogens with one attached hydrogen (secondary N) is 2.